The van der Waals surface area contributed by atoms with Gasteiger partial charge in [-0.15, -0.1) is 10.2 Å². The van der Waals surface area contributed by atoms with E-state index >= 15 is 0 Å². The second-order valence-electron chi connectivity index (χ2n) is 8.12. The fraction of sp³-hybridized carbons (Fsp3) is 0.417. The van der Waals surface area contributed by atoms with Gasteiger partial charge < -0.3 is 9.15 Å². The van der Waals surface area contributed by atoms with E-state index in [1.165, 1.54) is 16.7 Å². The number of hydrogen-bond donors (Lipinski definition) is 0. The summed E-state index contributed by atoms with van der Waals surface area (Å²) in [5, 5.41) is 8.60. The fourth-order valence-corrected chi connectivity index (χ4v) is 4.03. The first-order valence-corrected chi connectivity index (χ1v) is 10.5. The van der Waals surface area contributed by atoms with Crippen LogP contribution in [0.1, 0.15) is 35.5 Å². The predicted octanol–water partition coefficient (Wildman–Crippen LogP) is 4.24. The van der Waals surface area contributed by atoms with E-state index < -0.39 is 0 Å². The van der Waals surface area contributed by atoms with Crippen LogP contribution in [0.25, 0.3) is 11.5 Å². The number of aromatic nitrogens is 2. The van der Waals surface area contributed by atoms with Crippen LogP contribution in [-0.4, -0.2) is 53.3 Å². The molecular formula is C24H30N4O2. The van der Waals surface area contributed by atoms with Crippen LogP contribution in [-0.2, 0) is 6.54 Å². The molecule has 6 nitrogen and oxygen atoms in total. The normalized spacial score (nSPS) is 16.5. The lowest BCUT2D eigenvalue weighted by atomic mass is 10.1. The first kappa shape index (κ1) is 20.6. The third kappa shape index (κ3) is 4.55. The van der Waals surface area contributed by atoms with Crippen LogP contribution in [0, 0.1) is 13.8 Å². The first-order valence-electron chi connectivity index (χ1n) is 10.5. The Balaban J connectivity index is 1.37. The molecule has 0 unspecified atom stereocenters. The van der Waals surface area contributed by atoms with Crippen LogP contribution in [0.2, 0.25) is 0 Å². The number of piperazine rings is 1. The van der Waals surface area contributed by atoms with Crippen molar-refractivity contribution in [2.75, 3.05) is 33.3 Å². The van der Waals surface area contributed by atoms with Gasteiger partial charge in [-0.05, 0) is 39.0 Å². The van der Waals surface area contributed by atoms with E-state index in [-0.39, 0.29) is 6.04 Å². The molecule has 2 heterocycles. The molecule has 1 aliphatic rings. The third-order valence-electron chi connectivity index (χ3n) is 5.85. The Morgan fingerprint density at radius 3 is 2.50 bits per heavy atom. The molecule has 0 aliphatic carbocycles. The highest BCUT2D eigenvalue weighted by atomic mass is 16.5. The molecule has 158 valence electrons. The minimum atomic E-state index is 0.103. The van der Waals surface area contributed by atoms with Gasteiger partial charge in [0.25, 0.3) is 0 Å². The molecule has 1 saturated heterocycles. The van der Waals surface area contributed by atoms with Crippen molar-refractivity contribution >= 4 is 0 Å². The van der Waals surface area contributed by atoms with Gasteiger partial charge in [0.2, 0.25) is 11.8 Å². The van der Waals surface area contributed by atoms with Gasteiger partial charge in [0.15, 0.2) is 0 Å². The Labute approximate surface area is 178 Å². The van der Waals surface area contributed by atoms with Crippen LogP contribution >= 0.6 is 0 Å². The number of methoxy groups -OCH3 is 1. The summed E-state index contributed by atoms with van der Waals surface area (Å²) in [7, 11) is 1.74. The topological polar surface area (TPSA) is 54.6 Å². The molecule has 1 aromatic heterocycles. The standard InChI is InChI=1S/C24H30N4O2/c1-17-6-5-7-20(14-17)24-26-25-23(30-24)19(3)28-12-10-27(11-13-28)16-21-15-18(2)8-9-22(21)29-4/h5-9,14-15,19H,10-13,16H2,1-4H3/t19-/m1/s1. The van der Waals surface area contributed by atoms with E-state index in [0.29, 0.717) is 11.8 Å². The Kier molecular flexibility index (Phi) is 6.16. The van der Waals surface area contributed by atoms with Crippen molar-refractivity contribution in [2.45, 2.75) is 33.4 Å². The molecule has 1 atom stereocenters. The van der Waals surface area contributed by atoms with E-state index in [9.17, 15) is 0 Å². The summed E-state index contributed by atoms with van der Waals surface area (Å²) in [6.07, 6.45) is 0. The highest BCUT2D eigenvalue weighted by Gasteiger charge is 2.26. The van der Waals surface area contributed by atoms with Crippen LogP contribution in [0.15, 0.2) is 46.9 Å². The van der Waals surface area contributed by atoms with Gasteiger partial charge in [-0.2, -0.15) is 0 Å². The third-order valence-corrected chi connectivity index (χ3v) is 5.85. The molecule has 1 fully saturated rings. The molecule has 2 aromatic carbocycles. The summed E-state index contributed by atoms with van der Waals surface area (Å²) >= 11 is 0. The summed E-state index contributed by atoms with van der Waals surface area (Å²) in [5.41, 5.74) is 4.66. The molecule has 0 N–H and O–H groups in total. The second kappa shape index (κ2) is 8.98. The van der Waals surface area contributed by atoms with E-state index in [4.69, 9.17) is 9.15 Å². The maximum absolute atomic E-state index is 6.01. The van der Waals surface area contributed by atoms with Gasteiger partial charge in [-0.25, -0.2) is 0 Å². The highest BCUT2D eigenvalue weighted by Crippen LogP contribution is 2.26. The highest BCUT2D eigenvalue weighted by molar-refractivity contribution is 5.53. The molecule has 0 amide bonds. The van der Waals surface area contributed by atoms with Crippen molar-refractivity contribution in [2.24, 2.45) is 0 Å². The van der Waals surface area contributed by atoms with Gasteiger partial charge >= 0.3 is 0 Å². The van der Waals surface area contributed by atoms with Gasteiger partial charge in [-0.1, -0.05) is 35.4 Å². The van der Waals surface area contributed by atoms with E-state index in [1.54, 1.807) is 7.11 Å². The molecule has 6 heteroatoms. The average Bonchev–Trinajstić information content (AvgIpc) is 3.24. The second-order valence-corrected chi connectivity index (χ2v) is 8.12. The van der Waals surface area contributed by atoms with Crippen LogP contribution < -0.4 is 4.74 Å². The fourth-order valence-electron chi connectivity index (χ4n) is 4.03. The van der Waals surface area contributed by atoms with Crippen molar-refractivity contribution in [1.29, 1.82) is 0 Å². The van der Waals surface area contributed by atoms with E-state index in [1.807, 2.05) is 12.1 Å². The SMILES string of the molecule is COc1ccc(C)cc1CN1CCN([C@H](C)c2nnc(-c3cccc(C)c3)o2)CC1. The Hall–Kier alpha value is -2.70. The maximum atomic E-state index is 6.01. The van der Waals surface area contributed by atoms with Crippen LogP contribution in [0.4, 0.5) is 0 Å². The Morgan fingerprint density at radius 2 is 1.77 bits per heavy atom. The predicted molar refractivity (Wildman–Crippen MR) is 117 cm³/mol. The molecule has 0 bridgehead atoms. The molecular weight excluding hydrogens is 376 g/mol. The molecule has 3 aromatic rings. The maximum Gasteiger partial charge on any atom is 0.247 e. The number of benzene rings is 2. The molecule has 4 rings (SSSR count). The van der Waals surface area contributed by atoms with Gasteiger partial charge in [0, 0.05) is 43.9 Å². The van der Waals surface area contributed by atoms with E-state index in [2.05, 4.69) is 71.1 Å². The quantitative estimate of drug-likeness (QED) is 0.610. The smallest absolute Gasteiger partial charge is 0.247 e. The monoisotopic (exact) mass is 406 g/mol. The molecule has 30 heavy (non-hydrogen) atoms. The number of hydrogen-bond acceptors (Lipinski definition) is 6. The summed E-state index contributed by atoms with van der Waals surface area (Å²) in [6, 6.07) is 14.6. The number of rotatable bonds is 6. The largest absolute Gasteiger partial charge is 0.496 e. The summed E-state index contributed by atoms with van der Waals surface area (Å²) in [4.78, 5) is 4.89. The van der Waals surface area contributed by atoms with Crippen molar-refractivity contribution in [1.82, 2.24) is 20.0 Å². The minimum absolute atomic E-state index is 0.103. The minimum Gasteiger partial charge on any atom is -0.496 e. The van der Waals surface area contributed by atoms with E-state index in [0.717, 1.165) is 44.0 Å². The zero-order valence-corrected chi connectivity index (χ0v) is 18.3. The summed E-state index contributed by atoms with van der Waals surface area (Å²) in [6.45, 7) is 11.2. The molecule has 1 aliphatic heterocycles. The zero-order valence-electron chi connectivity index (χ0n) is 18.3. The average molecular weight is 407 g/mol. The van der Waals surface area contributed by atoms with Crippen molar-refractivity contribution in [3.05, 3.63) is 65.0 Å². The van der Waals surface area contributed by atoms with Gasteiger partial charge in [-0.3, -0.25) is 9.80 Å². The molecule has 0 saturated carbocycles. The number of ether oxygens (including phenoxy) is 1. The van der Waals surface area contributed by atoms with Crippen molar-refractivity contribution < 1.29 is 9.15 Å². The molecule has 0 radical (unpaired) electrons. The van der Waals surface area contributed by atoms with Crippen LogP contribution in [0.3, 0.4) is 0 Å². The first-order chi connectivity index (χ1) is 14.5. The lowest BCUT2D eigenvalue weighted by molar-refractivity contribution is 0.0871. The Morgan fingerprint density at radius 1 is 1.00 bits per heavy atom. The Bertz CT molecular complexity index is 992. The summed E-state index contributed by atoms with van der Waals surface area (Å²) in [5.74, 6) is 2.23. The summed E-state index contributed by atoms with van der Waals surface area (Å²) < 4.78 is 11.6. The number of nitrogens with zero attached hydrogens (tertiary/aromatic N) is 4. The van der Waals surface area contributed by atoms with Gasteiger partial charge in [0.05, 0.1) is 13.2 Å². The number of aryl methyl sites for hydroxylation is 2. The van der Waals surface area contributed by atoms with Crippen LogP contribution in [0.5, 0.6) is 5.75 Å². The van der Waals surface area contributed by atoms with Crippen molar-refractivity contribution in [3.63, 3.8) is 0 Å². The van der Waals surface area contributed by atoms with Gasteiger partial charge in [0.1, 0.15) is 5.75 Å². The zero-order chi connectivity index (χ0) is 21.1. The van der Waals surface area contributed by atoms with Crippen molar-refractivity contribution in [3.8, 4) is 17.2 Å². The molecule has 0 spiro atoms. The lowest BCUT2D eigenvalue weighted by Crippen LogP contribution is -2.46. The lowest BCUT2D eigenvalue weighted by Gasteiger charge is -2.37.